The molecule has 0 bridgehead atoms. The molecule has 2 aromatic carbocycles. The quantitative estimate of drug-likeness (QED) is 0.589. The minimum Gasteiger partial charge on any atom is -0.396 e. The van der Waals surface area contributed by atoms with Gasteiger partial charge in [-0.05, 0) is 35.4 Å². The highest BCUT2D eigenvalue weighted by atomic mass is 19.1. The summed E-state index contributed by atoms with van der Waals surface area (Å²) >= 11 is 0. The van der Waals surface area contributed by atoms with Crippen molar-refractivity contribution in [3.05, 3.63) is 71.1 Å². The molecule has 0 fully saturated rings. The lowest BCUT2D eigenvalue weighted by molar-refractivity contribution is 0.627. The molecule has 3 aromatic rings. The van der Waals surface area contributed by atoms with E-state index in [2.05, 4.69) is 15.2 Å². The Morgan fingerprint density at radius 3 is 2.44 bits per heavy atom. The second-order valence-electron chi connectivity index (χ2n) is 6.60. The largest absolute Gasteiger partial charge is 0.396 e. The van der Waals surface area contributed by atoms with E-state index in [4.69, 9.17) is 11.5 Å². The second-order valence-corrected chi connectivity index (χ2v) is 6.60. The molecule has 0 aliphatic carbocycles. The van der Waals surface area contributed by atoms with E-state index >= 15 is 0 Å². The van der Waals surface area contributed by atoms with Crippen LogP contribution in [0.15, 0.2) is 42.5 Å². The van der Waals surface area contributed by atoms with Crippen molar-refractivity contribution in [2.24, 2.45) is 5.73 Å². The van der Waals surface area contributed by atoms with Gasteiger partial charge in [0.25, 0.3) is 0 Å². The number of nitrogens with one attached hydrogen (secondary N) is 1. The first kappa shape index (κ1) is 18.7. The van der Waals surface area contributed by atoms with Crippen LogP contribution in [0.5, 0.6) is 0 Å². The van der Waals surface area contributed by atoms with Crippen molar-refractivity contribution < 1.29 is 8.78 Å². The van der Waals surface area contributed by atoms with Crippen molar-refractivity contribution in [1.29, 1.82) is 0 Å². The fraction of sp³-hybridized carbons (Fsp3) is 0.200. The maximum Gasteiger partial charge on any atom is 0.181 e. The van der Waals surface area contributed by atoms with E-state index in [0.29, 0.717) is 22.8 Å². The molecule has 5 N–H and O–H groups in total. The van der Waals surface area contributed by atoms with Crippen molar-refractivity contribution in [3.63, 3.8) is 0 Å². The Balaban J connectivity index is 1.91. The summed E-state index contributed by atoms with van der Waals surface area (Å²) in [5, 5.41) is 6.99. The van der Waals surface area contributed by atoms with Crippen LogP contribution in [0.25, 0.3) is 17.5 Å². The number of halogens is 2. The molecule has 0 saturated carbocycles. The lowest BCUT2D eigenvalue weighted by Crippen LogP contribution is -2.11. The molecule has 5 nitrogen and oxygen atoms in total. The summed E-state index contributed by atoms with van der Waals surface area (Å²) in [4.78, 5) is 4.38. The van der Waals surface area contributed by atoms with Crippen LogP contribution < -0.4 is 11.5 Å². The summed E-state index contributed by atoms with van der Waals surface area (Å²) in [5.74, 6) is 0.370. The summed E-state index contributed by atoms with van der Waals surface area (Å²) in [6.45, 7) is 3.96. The zero-order chi connectivity index (χ0) is 19.6. The second kappa shape index (κ2) is 7.67. The molecule has 140 valence electrons. The normalized spacial score (nSPS) is 12.8. The third-order valence-corrected chi connectivity index (χ3v) is 4.19. The standard InChI is InChI=1S/C20H21F2N5/c1-11(2)19-25-20(27-26-19)13-9-15(18(24)16(22)10-13)17(23)8-5-12-3-6-14(21)7-4-12/h3-11,17H,23-24H2,1-2H3,(H,25,26,27)/b8-5+. The Kier molecular flexibility index (Phi) is 5.32. The maximum atomic E-state index is 14.3. The van der Waals surface area contributed by atoms with Crippen LogP contribution in [0.2, 0.25) is 0 Å². The molecule has 3 rings (SSSR count). The van der Waals surface area contributed by atoms with Crippen LogP contribution in [0, 0.1) is 11.6 Å². The smallest absolute Gasteiger partial charge is 0.181 e. The van der Waals surface area contributed by atoms with E-state index in [1.54, 1.807) is 30.4 Å². The molecule has 1 atom stereocenters. The Hall–Kier alpha value is -3.06. The molecule has 7 heteroatoms. The molecule has 0 aliphatic heterocycles. The van der Waals surface area contributed by atoms with Gasteiger partial charge in [0, 0.05) is 11.5 Å². The van der Waals surface area contributed by atoms with Crippen molar-refractivity contribution >= 4 is 11.8 Å². The van der Waals surface area contributed by atoms with Crippen molar-refractivity contribution in [1.82, 2.24) is 15.2 Å². The van der Waals surface area contributed by atoms with E-state index in [-0.39, 0.29) is 17.4 Å². The van der Waals surface area contributed by atoms with Gasteiger partial charge in [0.1, 0.15) is 17.5 Å². The molecule has 1 aromatic heterocycles. The minimum atomic E-state index is -0.645. The monoisotopic (exact) mass is 369 g/mol. The summed E-state index contributed by atoms with van der Waals surface area (Å²) in [5.41, 5.74) is 13.8. The van der Waals surface area contributed by atoms with Crippen LogP contribution in [-0.2, 0) is 0 Å². The van der Waals surface area contributed by atoms with Crippen LogP contribution in [0.3, 0.4) is 0 Å². The van der Waals surface area contributed by atoms with Gasteiger partial charge in [-0.1, -0.05) is 38.1 Å². The Labute approximate surface area is 156 Å². The van der Waals surface area contributed by atoms with Crippen molar-refractivity contribution in [3.8, 4) is 11.4 Å². The number of aromatic nitrogens is 3. The fourth-order valence-corrected chi connectivity index (χ4v) is 2.60. The highest BCUT2D eigenvalue weighted by molar-refractivity contribution is 5.65. The number of anilines is 1. The lowest BCUT2D eigenvalue weighted by atomic mass is 10.0. The van der Waals surface area contributed by atoms with Gasteiger partial charge < -0.3 is 11.5 Å². The van der Waals surface area contributed by atoms with Gasteiger partial charge in [0.05, 0.1) is 11.7 Å². The fourth-order valence-electron chi connectivity index (χ4n) is 2.60. The first-order chi connectivity index (χ1) is 12.8. The zero-order valence-electron chi connectivity index (χ0n) is 15.1. The van der Waals surface area contributed by atoms with E-state index < -0.39 is 11.9 Å². The van der Waals surface area contributed by atoms with Crippen LogP contribution in [-0.4, -0.2) is 15.2 Å². The average Bonchev–Trinajstić information content (AvgIpc) is 3.13. The van der Waals surface area contributed by atoms with Gasteiger partial charge >= 0.3 is 0 Å². The number of nitrogens with zero attached hydrogens (tertiary/aromatic N) is 2. The molecule has 0 spiro atoms. The van der Waals surface area contributed by atoms with Crippen molar-refractivity contribution in [2.45, 2.75) is 25.8 Å². The van der Waals surface area contributed by atoms with Gasteiger partial charge in [-0.25, -0.2) is 13.8 Å². The minimum absolute atomic E-state index is 0.0189. The van der Waals surface area contributed by atoms with E-state index in [9.17, 15) is 8.78 Å². The van der Waals surface area contributed by atoms with Crippen LogP contribution in [0.4, 0.5) is 14.5 Å². The predicted octanol–water partition coefficient (Wildman–Crippen LogP) is 4.17. The maximum absolute atomic E-state index is 14.3. The molecule has 0 aliphatic rings. The van der Waals surface area contributed by atoms with Gasteiger partial charge in [-0.3, -0.25) is 5.10 Å². The molecule has 1 unspecified atom stereocenters. The van der Waals surface area contributed by atoms with Gasteiger partial charge in [-0.2, -0.15) is 5.10 Å². The Morgan fingerprint density at radius 1 is 1.11 bits per heavy atom. The molecule has 27 heavy (non-hydrogen) atoms. The first-order valence-electron chi connectivity index (χ1n) is 8.56. The SMILES string of the molecule is CC(C)c1nc(-c2cc(F)c(N)c(C(N)/C=C/c3ccc(F)cc3)c2)n[nH]1. The number of nitrogens with two attached hydrogens (primary N) is 2. The number of nitrogen functional groups attached to an aromatic ring is 1. The Morgan fingerprint density at radius 2 is 1.81 bits per heavy atom. The highest BCUT2D eigenvalue weighted by Crippen LogP contribution is 2.29. The highest BCUT2D eigenvalue weighted by Gasteiger charge is 2.16. The predicted molar refractivity (Wildman–Crippen MR) is 103 cm³/mol. The van der Waals surface area contributed by atoms with E-state index in [0.717, 1.165) is 5.56 Å². The van der Waals surface area contributed by atoms with Gasteiger partial charge in [-0.15, -0.1) is 0 Å². The topological polar surface area (TPSA) is 93.6 Å². The summed E-state index contributed by atoms with van der Waals surface area (Å²) in [6.07, 6.45) is 3.41. The molecule has 0 radical (unpaired) electrons. The first-order valence-corrected chi connectivity index (χ1v) is 8.56. The number of hydrogen-bond donors (Lipinski definition) is 3. The van der Waals surface area contributed by atoms with E-state index in [1.165, 1.54) is 18.2 Å². The number of aromatic amines is 1. The average molecular weight is 369 g/mol. The molecule has 0 amide bonds. The molecule has 0 saturated heterocycles. The van der Waals surface area contributed by atoms with Gasteiger partial charge in [0.2, 0.25) is 0 Å². The molecular formula is C20H21F2N5. The number of hydrogen-bond acceptors (Lipinski definition) is 4. The van der Waals surface area contributed by atoms with Crippen molar-refractivity contribution in [2.75, 3.05) is 5.73 Å². The van der Waals surface area contributed by atoms with Crippen LogP contribution in [0.1, 0.15) is 42.8 Å². The summed E-state index contributed by atoms with van der Waals surface area (Å²) in [6, 6.07) is 8.30. The summed E-state index contributed by atoms with van der Waals surface area (Å²) in [7, 11) is 0. The Bertz CT molecular complexity index is 961. The van der Waals surface area contributed by atoms with Crippen LogP contribution >= 0.6 is 0 Å². The molecule has 1 heterocycles. The number of H-pyrrole nitrogens is 1. The lowest BCUT2D eigenvalue weighted by Gasteiger charge is -2.13. The number of rotatable bonds is 5. The third-order valence-electron chi connectivity index (χ3n) is 4.19. The molecular weight excluding hydrogens is 348 g/mol. The summed E-state index contributed by atoms with van der Waals surface area (Å²) < 4.78 is 27.3. The van der Waals surface area contributed by atoms with E-state index in [1.807, 2.05) is 13.8 Å². The van der Waals surface area contributed by atoms with Gasteiger partial charge in [0.15, 0.2) is 5.82 Å². The zero-order valence-corrected chi connectivity index (χ0v) is 15.1. The third kappa shape index (κ3) is 4.20. The number of benzene rings is 2.